The lowest BCUT2D eigenvalue weighted by Gasteiger charge is -2.13. The van der Waals surface area contributed by atoms with Gasteiger partial charge in [-0.15, -0.1) is 11.6 Å². The molecule has 0 saturated carbocycles. The fourth-order valence-electron chi connectivity index (χ4n) is 1.77. The lowest BCUT2D eigenvalue weighted by molar-refractivity contribution is 0.866. The highest BCUT2D eigenvalue weighted by molar-refractivity contribution is 9.10. The molecule has 2 rings (SSSR count). The molecule has 0 aliphatic rings. The predicted molar refractivity (Wildman–Crippen MR) is 80.4 cm³/mol. The third-order valence-electron chi connectivity index (χ3n) is 2.79. The lowest BCUT2D eigenvalue weighted by Crippen LogP contribution is -2.01. The van der Waals surface area contributed by atoms with E-state index in [4.69, 9.17) is 23.2 Å². The molecule has 4 heteroatoms. The number of halogens is 3. The molecule has 0 saturated heterocycles. The van der Waals surface area contributed by atoms with Gasteiger partial charge in [0.05, 0.1) is 5.38 Å². The van der Waals surface area contributed by atoms with Crippen LogP contribution in [0.15, 0.2) is 41.0 Å². The molecule has 2 aromatic rings. The number of pyridine rings is 1. The summed E-state index contributed by atoms with van der Waals surface area (Å²) in [6.07, 6.45) is 2.50. The van der Waals surface area contributed by atoms with E-state index in [0.717, 1.165) is 21.3 Å². The monoisotopic (exact) mass is 343 g/mol. The molecule has 0 radical (unpaired) electrons. The zero-order valence-corrected chi connectivity index (χ0v) is 12.9. The molecule has 18 heavy (non-hydrogen) atoms. The van der Waals surface area contributed by atoms with Crippen LogP contribution in [0.3, 0.4) is 0 Å². The van der Waals surface area contributed by atoms with Gasteiger partial charge in [-0.05, 0) is 36.2 Å². The van der Waals surface area contributed by atoms with Crippen LogP contribution in [0.4, 0.5) is 0 Å². The van der Waals surface area contributed by atoms with E-state index >= 15 is 0 Å². The fourth-order valence-corrected chi connectivity index (χ4v) is 3.19. The second-order valence-corrected chi connectivity index (χ2v) is 5.92. The summed E-state index contributed by atoms with van der Waals surface area (Å²) >= 11 is 15.9. The first-order valence-electron chi connectivity index (χ1n) is 5.57. The highest BCUT2D eigenvalue weighted by Gasteiger charge is 2.14. The maximum absolute atomic E-state index is 6.46. The summed E-state index contributed by atoms with van der Waals surface area (Å²) < 4.78 is 0.934. The fraction of sp³-hybridized carbons (Fsp3) is 0.214. The number of hydrogen-bond acceptors (Lipinski definition) is 1. The maximum Gasteiger partial charge on any atom is 0.0651 e. The van der Waals surface area contributed by atoms with Gasteiger partial charge in [-0.1, -0.05) is 39.7 Å². The molecule has 94 valence electrons. The average molecular weight is 345 g/mol. The second kappa shape index (κ2) is 6.05. The van der Waals surface area contributed by atoms with Crippen molar-refractivity contribution in [2.75, 3.05) is 0 Å². The first-order valence-corrected chi connectivity index (χ1v) is 7.18. The van der Waals surface area contributed by atoms with Crippen molar-refractivity contribution in [1.82, 2.24) is 4.98 Å². The highest BCUT2D eigenvalue weighted by Crippen LogP contribution is 2.32. The molecule has 0 fully saturated rings. The van der Waals surface area contributed by atoms with Gasteiger partial charge in [-0.2, -0.15) is 0 Å². The molecule has 1 atom stereocenters. The molecular weight excluding hydrogens is 333 g/mol. The molecule has 1 nitrogen and oxygen atoms in total. The van der Waals surface area contributed by atoms with Gasteiger partial charge < -0.3 is 0 Å². The number of rotatable bonds is 3. The van der Waals surface area contributed by atoms with E-state index in [1.807, 2.05) is 37.3 Å². The van der Waals surface area contributed by atoms with Crippen LogP contribution in [0.2, 0.25) is 5.02 Å². The van der Waals surface area contributed by atoms with Crippen LogP contribution in [0.1, 0.15) is 22.2 Å². The van der Waals surface area contributed by atoms with Crippen molar-refractivity contribution in [1.29, 1.82) is 0 Å². The van der Waals surface area contributed by atoms with Gasteiger partial charge >= 0.3 is 0 Å². The predicted octanol–water partition coefficient (Wildman–Crippen LogP) is 5.33. The van der Waals surface area contributed by atoms with Gasteiger partial charge in [-0.3, -0.25) is 4.98 Å². The molecule has 1 aromatic heterocycles. The molecule has 0 bridgehead atoms. The van der Waals surface area contributed by atoms with Gasteiger partial charge in [0.15, 0.2) is 0 Å². The maximum atomic E-state index is 6.46. The molecule has 0 amide bonds. The summed E-state index contributed by atoms with van der Waals surface area (Å²) in [5.74, 6) is 0. The Labute approximate surface area is 125 Å². The second-order valence-electron chi connectivity index (χ2n) is 4.10. The molecule has 1 heterocycles. The Hall–Kier alpha value is -0.570. The standard InChI is InChI=1S/C14H12BrCl2N/c1-9-3-2-6-18-14(9)8-13(17)11-5-4-10(16)7-12(11)15/h2-7,13H,8H2,1H3. The Balaban J connectivity index is 2.22. The quantitative estimate of drug-likeness (QED) is 0.686. The molecule has 0 aliphatic carbocycles. The lowest BCUT2D eigenvalue weighted by atomic mass is 10.0. The summed E-state index contributed by atoms with van der Waals surface area (Å²) in [7, 11) is 0. The zero-order valence-electron chi connectivity index (χ0n) is 9.83. The molecule has 1 aromatic carbocycles. The number of aromatic nitrogens is 1. The normalized spacial score (nSPS) is 12.4. The van der Waals surface area contributed by atoms with Crippen LogP contribution in [0, 0.1) is 6.92 Å². The third kappa shape index (κ3) is 3.25. The number of benzene rings is 1. The van der Waals surface area contributed by atoms with E-state index in [-0.39, 0.29) is 5.38 Å². The number of hydrogen-bond donors (Lipinski definition) is 0. The Morgan fingerprint density at radius 3 is 2.78 bits per heavy atom. The first kappa shape index (κ1) is 13.9. The molecular formula is C14H12BrCl2N. The van der Waals surface area contributed by atoms with Crippen LogP contribution >= 0.6 is 39.1 Å². The van der Waals surface area contributed by atoms with Crippen molar-refractivity contribution < 1.29 is 0 Å². The Morgan fingerprint density at radius 2 is 2.11 bits per heavy atom. The minimum absolute atomic E-state index is 0.120. The smallest absolute Gasteiger partial charge is 0.0651 e. The Morgan fingerprint density at radius 1 is 1.33 bits per heavy atom. The number of nitrogens with zero attached hydrogens (tertiary/aromatic N) is 1. The van der Waals surface area contributed by atoms with E-state index in [2.05, 4.69) is 20.9 Å². The summed E-state index contributed by atoms with van der Waals surface area (Å²) in [4.78, 5) is 4.37. The Kier molecular flexibility index (Phi) is 4.66. The topological polar surface area (TPSA) is 12.9 Å². The number of aryl methyl sites for hydroxylation is 1. The minimum atomic E-state index is -0.120. The van der Waals surface area contributed by atoms with E-state index in [1.165, 1.54) is 0 Å². The molecule has 0 N–H and O–H groups in total. The van der Waals surface area contributed by atoms with Gasteiger partial charge in [0, 0.05) is 27.8 Å². The molecule has 1 unspecified atom stereocenters. The van der Waals surface area contributed by atoms with E-state index in [9.17, 15) is 0 Å². The van der Waals surface area contributed by atoms with Gasteiger partial charge in [0.1, 0.15) is 0 Å². The van der Waals surface area contributed by atoms with E-state index < -0.39 is 0 Å². The summed E-state index contributed by atoms with van der Waals surface area (Å²) in [6, 6.07) is 9.63. The van der Waals surface area contributed by atoms with Gasteiger partial charge in [-0.25, -0.2) is 0 Å². The van der Waals surface area contributed by atoms with Crippen molar-refractivity contribution in [3.63, 3.8) is 0 Å². The first-order chi connectivity index (χ1) is 8.58. The average Bonchev–Trinajstić information content (AvgIpc) is 2.32. The SMILES string of the molecule is Cc1cccnc1CC(Cl)c1ccc(Cl)cc1Br. The van der Waals surface area contributed by atoms with Crippen molar-refractivity contribution in [2.45, 2.75) is 18.7 Å². The number of alkyl halides is 1. The van der Waals surface area contributed by atoms with E-state index in [0.29, 0.717) is 11.4 Å². The molecule has 0 spiro atoms. The van der Waals surface area contributed by atoms with Gasteiger partial charge in [0.25, 0.3) is 0 Å². The van der Waals surface area contributed by atoms with E-state index in [1.54, 1.807) is 6.20 Å². The van der Waals surface area contributed by atoms with Crippen LogP contribution in [-0.2, 0) is 6.42 Å². The third-order valence-corrected chi connectivity index (χ3v) is 4.10. The zero-order chi connectivity index (χ0) is 13.1. The van der Waals surface area contributed by atoms with Crippen LogP contribution in [0.5, 0.6) is 0 Å². The van der Waals surface area contributed by atoms with Crippen molar-refractivity contribution >= 4 is 39.1 Å². The van der Waals surface area contributed by atoms with Crippen molar-refractivity contribution in [2.24, 2.45) is 0 Å². The minimum Gasteiger partial charge on any atom is -0.261 e. The Bertz CT molecular complexity index is 557. The summed E-state index contributed by atoms with van der Waals surface area (Å²) in [5.41, 5.74) is 3.22. The highest BCUT2D eigenvalue weighted by atomic mass is 79.9. The van der Waals surface area contributed by atoms with Crippen molar-refractivity contribution in [3.8, 4) is 0 Å². The van der Waals surface area contributed by atoms with Crippen LogP contribution in [0.25, 0.3) is 0 Å². The van der Waals surface area contributed by atoms with Crippen molar-refractivity contribution in [3.05, 3.63) is 62.8 Å². The summed E-state index contributed by atoms with van der Waals surface area (Å²) in [5, 5.41) is 0.578. The summed E-state index contributed by atoms with van der Waals surface area (Å²) in [6.45, 7) is 2.04. The molecule has 0 aliphatic heterocycles. The van der Waals surface area contributed by atoms with Crippen LogP contribution < -0.4 is 0 Å². The van der Waals surface area contributed by atoms with Crippen LogP contribution in [-0.4, -0.2) is 4.98 Å². The van der Waals surface area contributed by atoms with Gasteiger partial charge in [0.2, 0.25) is 0 Å². The largest absolute Gasteiger partial charge is 0.261 e.